The molecule has 0 aromatic rings. The third kappa shape index (κ3) is 2.18. The molecule has 4 saturated carbocycles. The van der Waals surface area contributed by atoms with Crippen LogP contribution in [-0.2, 0) is 4.79 Å². The highest BCUT2D eigenvalue weighted by Gasteiger charge is 2.51. The molecule has 4 nitrogen and oxygen atoms in total. The molecule has 4 aliphatic carbocycles. The predicted molar refractivity (Wildman–Crippen MR) is 80.1 cm³/mol. The summed E-state index contributed by atoms with van der Waals surface area (Å²) in [5, 5.41) is 12.4. The molecular formula is C17H26N2O2. The molecule has 1 N–H and O–H groups in total. The number of hydrogen-bond acceptors (Lipinski definition) is 3. The van der Waals surface area contributed by atoms with Gasteiger partial charge in [0.25, 0.3) is 0 Å². The van der Waals surface area contributed by atoms with Crippen LogP contribution in [0.2, 0.25) is 0 Å². The zero-order valence-corrected chi connectivity index (χ0v) is 12.9. The highest BCUT2D eigenvalue weighted by atomic mass is 16.4. The molecule has 5 rings (SSSR count). The van der Waals surface area contributed by atoms with E-state index in [0.29, 0.717) is 23.7 Å². The Hall–Kier alpha value is -1.06. The Bertz CT molecular complexity index is 445. The largest absolute Gasteiger partial charge is 0.411 e. The summed E-state index contributed by atoms with van der Waals surface area (Å²) in [4.78, 5) is 15.1. The molecule has 21 heavy (non-hydrogen) atoms. The standard InChI is InChI=1S/C17H26N2O2/c1-10-9-19(3-2-15(10)18-21)17(20)16-13-5-11-4-12(7-13)8-14(16)6-11/h10-14,16,21H,2-9H2,1H3. The van der Waals surface area contributed by atoms with Crippen LogP contribution in [0.3, 0.4) is 0 Å². The summed E-state index contributed by atoms with van der Waals surface area (Å²) in [6, 6.07) is 0. The van der Waals surface area contributed by atoms with Crippen LogP contribution in [0.5, 0.6) is 0 Å². The average molecular weight is 290 g/mol. The van der Waals surface area contributed by atoms with Gasteiger partial charge in [-0.05, 0) is 55.8 Å². The minimum absolute atomic E-state index is 0.199. The first kappa shape index (κ1) is 13.6. The molecule has 1 saturated heterocycles. The first-order valence-corrected chi connectivity index (χ1v) is 8.65. The number of piperidine rings is 1. The summed E-state index contributed by atoms with van der Waals surface area (Å²) in [6.07, 6.45) is 7.38. The monoisotopic (exact) mass is 290 g/mol. The molecule has 5 fully saturated rings. The Morgan fingerprint density at radius 3 is 2.29 bits per heavy atom. The number of nitrogens with zero attached hydrogens (tertiary/aromatic N) is 2. The Balaban J connectivity index is 1.48. The normalized spacial score (nSPS) is 47.1. The Morgan fingerprint density at radius 1 is 1.14 bits per heavy atom. The van der Waals surface area contributed by atoms with Gasteiger partial charge in [-0.3, -0.25) is 4.79 Å². The van der Waals surface area contributed by atoms with Gasteiger partial charge in [-0.25, -0.2) is 0 Å². The summed E-state index contributed by atoms with van der Waals surface area (Å²) in [5.41, 5.74) is 0.851. The van der Waals surface area contributed by atoms with Crippen LogP contribution in [0.25, 0.3) is 0 Å². The van der Waals surface area contributed by atoms with Crippen molar-refractivity contribution in [3.8, 4) is 0 Å². The molecular weight excluding hydrogens is 264 g/mol. The van der Waals surface area contributed by atoms with Gasteiger partial charge in [0, 0.05) is 31.3 Å². The van der Waals surface area contributed by atoms with Gasteiger partial charge in [-0.2, -0.15) is 0 Å². The van der Waals surface area contributed by atoms with Crippen LogP contribution in [0.4, 0.5) is 0 Å². The van der Waals surface area contributed by atoms with Crippen molar-refractivity contribution in [1.82, 2.24) is 4.90 Å². The minimum Gasteiger partial charge on any atom is -0.411 e. The van der Waals surface area contributed by atoms with Gasteiger partial charge in [0.05, 0.1) is 5.71 Å². The van der Waals surface area contributed by atoms with Crippen molar-refractivity contribution in [3.05, 3.63) is 0 Å². The second-order valence-corrected chi connectivity index (χ2v) is 7.98. The topological polar surface area (TPSA) is 52.9 Å². The Kier molecular flexibility index (Phi) is 3.23. The van der Waals surface area contributed by atoms with E-state index >= 15 is 0 Å². The smallest absolute Gasteiger partial charge is 0.226 e. The van der Waals surface area contributed by atoms with Crippen LogP contribution in [0.15, 0.2) is 5.16 Å². The van der Waals surface area contributed by atoms with Gasteiger partial charge in [0.1, 0.15) is 0 Å². The van der Waals surface area contributed by atoms with E-state index in [1.54, 1.807) is 0 Å². The second kappa shape index (κ2) is 4.99. The maximum Gasteiger partial charge on any atom is 0.226 e. The van der Waals surface area contributed by atoms with Gasteiger partial charge in [0.2, 0.25) is 5.91 Å². The minimum atomic E-state index is 0.199. The number of rotatable bonds is 1. The Morgan fingerprint density at radius 2 is 1.76 bits per heavy atom. The van der Waals surface area contributed by atoms with Crippen LogP contribution in [0.1, 0.15) is 45.4 Å². The van der Waals surface area contributed by atoms with Crippen molar-refractivity contribution in [2.24, 2.45) is 40.7 Å². The van der Waals surface area contributed by atoms with E-state index in [1.165, 1.54) is 32.1 Å². The molecule has 1 unspecified atom stereocenters. The molecule has 0 radical (unpaired) electrons. The molecule has 4 heteroatoms. The summed E-state index contributed by atoms with van der Waals surface area (Å²) in [5.74, 6) is 4.08. The van der Waals surface area contributed by atoms with Gasteiger partial charge in [-0.1, -0.05) is 12.1 Å². The number of carbonyl (C=O) groups excluding carboxylic acids is 1. The number of carbonyl (C=O) groups is 1. The lowest BCUT2D eigenvalue weighted by molar-refractivity contribution is -0.149. The molecule has 4 bridgehead atoms. The maximum absolute atomic E-state index is 13.1. The molecule has 0 aromatic carbocycles. The van der Waals surface area contributed by atoms with Crippen molar-refractivity contribution in [2.45, 2.75) is 45.4 Å². The lowest BCUT2D eigenvalue weighted by Crippen LogP contribution is -2.54. The number of likely N-dealkylation sites (tertiary alicyclic amines) is 1. The van der Waals surface area contributed by atoms with E-state index < -0.39 is 0 Å². The lowest BCUT2D eigenvalue weighted by Gasteiger charge is -2.54. The molecule has 1 heterocycles. The zero-order valence-electron chi connectivity index (χ0n) is 12.9. The molecule has 0 aromatic heterocycles. The van der Waals surface area contributed by atoms with E-state index in [2.05, 4.69) is 17.0 Å². The van der Waals surface area contributed by atoms with E-state index in [0.717, 1.165) is 37.1 Å². The summed E-state index contributed by atoms with van der Waals surface area (Å²) >= 11 is 0. The molecule has 5 aliphatic rings. The highest BCUT2D eigenvalue weighted by molar-refractivity contribution is 5.89. The van der Waals surface area contributed by atoms with Gasteiger partial charge < -0.3 is 10.1 Å². The van der Waals surface area contributed by atoms with Gasteiger partial charge in [-0.15, -0.1) is 0 Å². The molecule has 116 valence electrons. The van der Waals surface area contributed by atoms with E-state index in [-0.39, 0.29) is 5.92 Å². The zero-order chi connectivity index (χ0) is 14.6. The van der Waals surface area contributed by atoms with E-state index in [1.807, 2.05) is 0 Å². The summed E-state index contributed by atoms with van der Waals surface area (Å²) in [7, 11) is 0. The van der Waals surface area contributed by atoms with Crippen LogP contribution < -0.4 is 0 Å². The SMILES string of the molecule is CC1CN(C(=O)C2C3CC4CC(C3)CC2C4)CCC1=NO. The van der Waals surface area contributed by atoms with Crippen LogP contribution in [0, 0.1) is 35.5 Å². The fourth-order valence-electron chi connectivity index (χ4n) is 5.91. The predicted octanol–water partition coefficient (Wildman–Crippen LogP) is 2.76. The fourth-order valence-corrected chi connectivity index (χ4v) is 5.91. The quantitative estimate of drug-likeness (QED) is 0.596. The van der Waals surface area contributed by atoms with E-state index in [4.69, 9.17) is 5.21 Å². The van der Waals surface area contributed by atoms with E-state index in [9.17, 15) is 4.79 Å². The van der Waals surface area contributed by atoms with Crippen LogP contribution in [-0.4, -0.2) is 34.8 Å². The summed E-state index contributed by atoms with van der Waals surface area (Å²) in [6.45, 7) is 3.54. The summed E-state index contributed by atoms with van der Waals surface area (Å²) < 4.78 is 0. The second-order valence-electron chi connectivity index (χ2n) is 7.98. The number of amides is 1. The van der Waals surface area contributed by atoms with Crippen molar-refractivity contribution in [2.75, 3.05) is 13.1 Å². The lowest BCUT2D eigenvalue weighted by atomic mass is 9.51. The molecule has 1 aliphatic heterocycles. The maximum atomic E-state index is 13.1. The molecule has 1 atom stereocenters. The fraction of sp³-hybridized carbons (Fsp3) is 0.882. The first-order chi connectivity index (χ1) is 10.2. The van der Waals surface area contributed by atoms with Crippen molar-refractivity contribution >= 4 is 11.6 Å². The highest BCUT2D eigenvalue weighted by Crippen LogP contribution is 2.56. The van der Waals surface area contributed by atoms with Crippen molar-refractivity contribution < 1.29 is 10.0 Å². The number of hydrogen-bond donors (Lipinski definition) is 1. The Labute approximate surface area is 126 Å². The van der Waals surface area contributed by atoms with Crippen molar-refractivity contribution in [1.29, 1.82) is 0 Å². The van der Waals surface area contributed by atoms with Crippen molar-refractivity contribution in [3.63, 3.8) is 0 Å². The average Bonchev–Trinajstić information content (AvgIpc) is 2.45. The third-order valence-corrected chi connectivity index (χ3v) is 6.65. The van der Waals surface area contributed by atoms with Gasteiger partial charge in [0.15, 0.2) is 0 Å². The first-order valence-electron chi connectivity index (χ1n) is 8.65. The number of oxime groups is 1. The molecule has 1 amide bonds. The molecule has 0 spiro atoms. The van der Waals surface area contributed by atoms with Crippen LogP contribution >= 0.6 is 0 Å². The third-order valence-electron chi connectivity index (χ3n) is 6.65. The van der Waals surface area contributed by atoms with Gasteiger partial charge >= 0.3 is 0 Å².